The lowest BCUT2D eigenvalue weighted by molar-refractivity contribution is 0.300. The van der Waals surface area contributed by atoms with Crippen LogP contribution in [0, 0.1) is 12.7 Å². The van der Waals surface area contributed by atoms with Gasteiger partial charge in [-0.2, -0.15) is 0 Å². The number of nitrogens with two attached hydrogens (primary N) is 1. The maximum absolute atomic E-state index is 13.5. The molecule has 3 heteroatoms. The molecule has 0 fully saturated rings. The summed E-state index contributed by atoms with van der Waals surface area (Å²) in [6.45, 7) is 6.43. The molecule has 2 N–H and O–H groups in total. The second kappa shape index (κ2) is 7.37. The molecule has 1 rings (SSSR count). The minimum Gasteiger partial charge on any atom is -0.493 e. The SMILES string of the molecule is CCCCCCOc1cc(C)c(F)cc1[C@@H](C)N. The third-order valence-electron chi connectivity index (χ3n) is 3.04. The van der Waals surface area contributed by atoms with Gasteiger partial charge in [0.15, 0.2) is 0 Å². The highest BCUT2D eigenvalue weighted by Gasteiger charge is 2.11. The van der Waals surface area contributed by atoms with E-state index in [1.54, 1.807) is 13.0 Å². The molecule has 0 radical (unpaired) electrons. The average Bonchev–Trinajstić information content (AvgIpc) is 2.32. The smallest absolute Gasteiger partial charge is 0.126 e. The predicted octanol–water partition coefficient (Wildman–Crippen LogP) is 4.11. The number of halogens is 1. The van der Waals surface area contributed by atoms with Gasteiger partial charge < -0.3 is 10.5 Å². The minimum absolute atomic E-state index is 0.217. The lowest BCUT2D eigenvalue weighted by Gasteiger charge is -2.15. The Kier molecular flexibility index (Phi) is 6.13. The van der Waals surface area contributed by atoms with Gasteiger partial charge in [-0.25, -0.2) is 4.39 Å². The molecular weight excluding hydrogens is 229 g/mol. The Balaban J connectivity index is 2.65. The summed E-state index contributed by atoms with van der Waals surface area (Å²) in [5, 5.41) is 0. The van der Waals surface area contributed by atoms with Crippen LogP contribution in [-0.4, -0.2) is 6.61 Å². The zero-order valence-electron chi connectivity index (χ0n) is 11.6. The van der Waals surface area contributed by atoms with Crippen LogP contribution in [0.4, 0.5) is 4.39 Å². The topological polar surface area (TPSA) is 35.2 Å². The lowest BCUT2D eigenvalue weighted by atomic mass is 10.1. The monoisotopic (exact) mass is 253 g/mol. The van der Waals surface area contributed by atoms with Gasteiger partial charge in [0.05, 0.1) is 6.61 Å². The van der Waals surface area contributed by atoms with Crippen molar-refractivity contribution in [3.05, 3.63) is 29.1 Å². The molecule has 0 heterocycles. The Morgan fingerprint density at radius 3 is 2.61 bits per heavy atom. The summed E-state index contributed by atoms with van der Waals surface area (Å²) in [6, 6.07) is 3.01. The van der Waals surface area contributed by atoms with Gasteiger partial charge in [-0.15, -0.1) is 0 Å². The van der Waals surface area contributed by atoms with Gasteiger partial charge in [0.25, 0.3) is 0 Å². The molecule has 0 unspecified atom stereocenters. The molecule has 0 bridgehead atoms. The fourth-order valence-electron chi connectivity index (χ4n) is 1.86. The zero-order chi connectivity index (χ0) is 13.5. The number of rotatable bonds is 7. The van der Waals surface area contributed by atoms with Gasteiger partial charge in [-0.3, -0.25) is 0 Å². The van der Waals surface area contributed by atoms with E-state index in [9.17, 15) is 4.39 Å². The van der Waals surface area contributed by atoms with Crippen LogP contribution >= 0.6 is 0 Å². The first kappa shape index (κ1) is 15.0. The highest BCUT2D eigenvalue weighted by atomic mass is 19.1. The van der Waals surface area contributed by atoms with E-state index in [1.165, 1.54) is 25.3 Å². The van der Waals surface area contributed by atoms with E-state index in [4.69, 9.17) is 10.5 Å². The number of hydrogen-bond acceptors (Lipinski definition) is 2. The van der Waals surface area contributed by atoms with Crippen LogP contribution in [0.1, 0.15) is 56.7 Å². The summed E-state index contributed by atoms with van der Waals surface area (Å²) in [5.74, 6) is 0.501. The molecule has 0 aliphatic heterocycles. The molecule has 1 atom stereocenters. The molecule has 1 aromatic rings. The molecule has 0 saturated carbocycles. The van der Waals surface area contributed by atoms with Crippen LogP contribution < -0.4 is 10.5 Å². The molecular formula is C15H24FNO. The Morgan fingerprint density at radius 2 is 2.00 bits per heavy atom. The first-order valence-electron chi connectivity index (χ1n) is 6.74. The van der Waals surface area contributed by atoms with E-state index >= 15 is 0 Å². The van der Waals surface area contributed by atoms with Crippen LogP contribution in [0.2, 0.25) is 0 Å². The summed E-state index contributed by atoms with van der Waals surface area (Å²) in [4.78, 5) is 0. The molecule has 0 aromatic heterocycles. The fraction of sp³-hybridized carbons (Fsp3) is 0.600. The third-order valence-corrected chi connectivity index (χ3v) is 3.04. The van der Waals surface area contributed by atoms with E-state index in [-0.39, 0.29) is 11.9 Å². The molecule has 0 spiro atoms. The molecule has 0 amide bonds. The zero-order valence-corrected chi connectivity index (χ0v) is 11.6. The van der Waals surface area contributed by atoms with Crippen molar-refractivity contribution >= 4 is 0 Å². The Labute approximate surface area is 109 Å². The normalized spacial score (nSPS) is 12.5. The largest absolute Gasteiger partial charge is 0.493 e. The van der Waals surface area contributed by atoms with Crippen molar-refractivity contribution in [3.8, 4) is 5.75 Å². The van der Waals surface area contributed by atoms with Crippen LogP contribution in [0.3, 0.4) is 0 Å². The average molecular weight is 253 g/mol. The molecule has 102 valence electrons. The van der Waals surface area contributed by atoms with Crippen LogP contribution in [0.5, 0.6) is 5.75 Å². The van der Waals surface area contributed by atoms with Crippen molar-refractivity contribution < 1.29 is 9.13 Å². The summed E-state index contributed by atoms with van der Waals surface area (Å²) in [6.07, 6.45) is 4.64. The highest BCUT2D eigenvalue weighted by molar-refractivity contribution is 5.39. The van der Waals surface area contributed by atoms with Crippen molar-refractivity contribution in [3.63, 3.8) is 0 Å². The number of benzene rings is 1. The minimum atomic E-state index is -0.222. The van der Waals surface area contributed by atoms with Gasteiger partial charge in [-0.05, 0) is 38.0 Å². The summed E-state index contributed by atoms with van der Waals surface area (Å²) >= 11 is 0. The maximum atomic E-state index is 13.5. The number of ether oxygens (including phenoxy) is 1. The maximum Gasteiger partial charge on any atom is 0.126 e. The molecule has 18 heavy (non-hydrogen) atoms. The molecule has 0 aliphatic carbocycles. The van der Waals surface area contributed by atoms with Crippen LogP contribution in [-0.2, 0) is 0 Å². The quantitative estimate of drug-likeness (QED) is 0.742. The fourth-order valence-corrected chi connectivity index (χ4v) is 1.86. The first-order valence-corrected chi connectivity index (χ1v) is 6.74. The van der Waals surface area contributed by atoms with E-state index in [2.05, 4.69) is 6.92 Å². The van der Waals surface area contributed by atoms with Gasteiger partial charge >= 0.3 is 0 Å². The second-order valence-corrected chi connectivity index (χ2v) is 4.84. The van der Waals surface area contributed by atoms with E-state index in [1.807, 2.05) is 6.92 Å². The predicted molar refractivity (Wildman–Crippen MR) is 73.4 cm³/mol. The van der Waals surface area contributed by atoms with Gasteiger partial charge in [0, 0.05) is 11.6 Å². The molecule has 2 nitrogen and oxygen atoms in total. The number of aryl methyl sites for hydroxylation is 1. The van der Waals surface area contributed by atoms with Crippen LogP contribution in [0.25, 0.3) is 0 Å². The summed E-state index contributed by atoms with van der Waals surface area (Å²) in [7, 11) is 0. The third kappa shape index (κ3) is 4.30. The number of hydrogen-bond donors (Lipinski definition) is 1. The molecule has 1 aromatic carbocycles. The van der Waals surface area contributed by atoms with Gasteiger partial charge in [-0.1, -0.05) is 26.2 Å². The Hall–Kier alpha value is -1.09. The summed E-state index contributed by atoms with van der Waals surface area (Å²) in [5.41, 5.74) is 7.18. The molecule has 0 aliphatic rings. The summed E-state index contributed by atoms with van der Waals surface area (Å²) < 4.78 is 19.2. The van der Waals surface area contributed by atoms with E-state index in [0.717, 1.165) is 17.7 Å². The van der Waals surface area contributed by atoms with E-state index in [0.29, 0.717) is 12.2 Å². The second-order valence-electron chi connectivity index (χ2n) is 4.84. The number of unbranched alkanes of at least 4 members (excludes halogenated alkanes) is 3. The van der Waals surface area contributed by atoms with Crippen molar-refractivity contribution in [2.45, 2.75) is 52.5 Å². The van der Waals surface area contributed by atoms with Crippen molar-refractivity contribution in [2.24, 2.45) is 5.73 Å². The van der Waals surface area contributed by atoms with Crippen molar-refractivity contribution in [1.29, 1.82) is 0 Å². The van der Waals surface area contributed by atoms with Gasteiger partial charge in [0.1, 0.15) is 11.6 Å². The van der Waals surface area contributed by atoms with E-state index < -0.39 is 0 Å². The lowest BCUT2D eigenvalue weighted by Crippen LogP contribution is -2.10. The van der Waals surface area contributed by atoms with Crippen molar-refractivity contribution in [2.75, 3.05) is 6.61 Å². The van der Waals surface area contributed by atoms with Crippen LogP contribution in [0.15, 0.2) is 12.1 Å². The standard InChI is InChI=1S/C15H24FNO/c1-4-5-6-7-8-18-15-9-11(2)14(16)10-13(15)12(3)17/h9-10,12H,4-8,17H2,1-3H3/t12-/m1/s1. The van der Waals surface area contributed by atoms with Crippen molar-refractivity contribution in [1.82, 2.24) is 0 Å². The highest BCUT2D eigenvalue weighted by Crippen LogP contribution is 2.27. The Bertz CT molecular complexity index is 377. The first-order chi connectivity index (χ1) is 8.56. The molecule has 0 saturated heterocycles. The Morgan fingerprint density at radius 1 is 1.28 bits per heavy atom. The van der Waals surface area contributed by atoms with Gasteiger partial charge in [0.2, 0.25) is 0 Å².